The van der Waals surface area contributed by atoms with Gasteiger partial charge in [0.15, 0.2) is 0 Å². The molecule has 1 aliphatic rings. The third-order valence-electron chi connectivity index (χ3n) is 4.16. The number of thiazole rings is 1. The molecule has 2 aromatic carbocycles. The highest BCUT2D eigenvalue weighted by Crippen LogP contribution is 2.37. The van der Waals surface area contributed by atoms with E-state index in [9.17, 15) is 0 Å². The number of fused-ring (bicyclic) bond motifs is 1. The lowest BCUT2D eigenvalue weighted by Crippen LogP contribution is -1.97. The minimum atomic E-state index is 0.520. The molecule has 0 radical (unpaired) electrons. The number of nitrogens with two attached hydrogens (primary N) is 1. The summed E-state index contributed by atoms with van der Waals surface area (Å²) in [7, 11) is 0. The zero-order valence-electron chi connectivity index (χ0n) is 11.6. The normalized spacial score (nSPS) is 14.3. The lowest BCUT2D eigenvalue weighted by Gasteiger charge is -2.04. The molecule has 0 amide bonds. The zero-order chi connectivity index (χ0) is 14.2. The SMILES string of the molecule is Nc1ccccc1-c1csc(C2Cc3ccccc3C2)n1. The van der Waals surface area contributed by atoms with Crippen molar-refractivity contribution < 1.29 is 0 Å². The van der Waals surface area contributed by atoms with Crippen LogP contribution in [0.15, 0.2) is 53.9 Å². The van der Waals surface area contributed by atoms with Crippen LogP contribution < -0.4 is 5.73 Å². The molecule has 104 valence electrons. The molecule has 0 saturated heterocycles. The van der Waals surface area contributed by atoms with Crippen LogP contribution in [-0.2, 0) is 12.8 Å². The molecule has 3 aromatic rings. The summed E-state index contributed by atoms with van der Waals surface area (Å²) in [5, 5.41) is 3.36. The van der Waals surface area contributed by atoms with Crippen molar-refractivity contribution in [2.24, 2.45) is 0 Å². The molecule has 21 heavy (non-hydrogen) atoms. The molecule has 0 atom stereocenters. The van der Waals surface area contributed by atoms with Crippen LogP contribution in [0.25, 0.3) is 11.3 Å². The fourth-order valence-corrected chi connectivity index (χ4v) is 3.98. The largest absolute Gasteiger partial charge is 0.398 e. The van der Waals surface area contributed by atoms with Crippen LogP contribution in [0.2, 0.25) is 0 Å². The quantitative estimate of drug-likeness (QED) is 0.716. The van der Waals surface area contributed by atoms with Gasteiger partial charge in [0, 0.05) is 22.5 Å². The number of hydrogen-bond acceptors (Lipinski definition) is 3. The predicted molar refractivity (Wildman–Crippen MR) is 88.6 cm³/mol. The van der Waals surface area contributed by atoms with Gasteiger partial charge >= 0.3 is 0 Å². The van der Waals surface area contributed by atoms with E-state index in [0.717, 1.165) is 29.8 Å². The number of aromatic nitrogens is 1. The van der Waals surface area contributed by atoms with Crippen LogP contribution in [0, 0.1) is 0 Å². The second kappa shape index (κ2) is 5.01. The van der Waals surface area contributed by atoms with E-state index in [1.54, 1.807) is 11.3 Å². The molecule has 0 saturated carbocycles. The average Bonchev–Trinajstić information content (AvgIpc) is 3.14. The summed E-state index contributed by atoms with van der Waals surface area (Å²) in [6.07, 6.45) is 2.21. The molecular weight excluding hydrogens is 276 g/mol. The molecule has 1 aliphatic carbocycles. The Kier molecular flexibility index (Phi) is 3.00. The average molecular weight is 292 g/mol. The lowest BCUT2D eigenvalue weighted by molar-refractivity contribution is 0.735. The van der Waals surface area contributed by atoms with E-state index in [1.165, 1.54) is 16.1 Å². The van der Waals surface area contributed by atoms with Crippen molar-refractivity contribution in [2.75, 3.05) is 5.73 Å². The van der Waals surface area contributed by atoms with E-state index >= 15 is 0 Å². The highest BCUT2D eigenvalue weighted by Gasteiger charge is 2.25. The van der Waals surface area contributed by atoms with Gasteiger partial charge in [0.1, 0.15) is 0 Å². The van der Waals surface area contributed by atoms with Crippen molar-refractivity contribution in [2.45, 2.75) is 18.8 Å². The highest BCUT2D eigenvalue weighted by molar-refractivity contribution is 7.10. The molecule has 1 heterocycles. The number of hydrogen-bond donors (Lipinski definition) is 1. The third-order valence-corrected chi connectivity index (χ3v) is 5.17. The minimum absolute atomic E-state index is 0.520. The Morgan fingerprint density at radius 3 is 2.33 bits per heavy atom. The Morgan fingerprint density at radius 1 is 0.952 bits per heavy atom. The van der Waals surface area contributed by atoms with Gasteiger partial charge in [-0.1, -0.05) is 42.5 Å². The first-order valence-corrected chi connectivity index (χ1v) is 8.06. The smallest absolute Gasteiger partial charge is 0.0970 e. The van der Waals surface area contributed by atoms with E-state index in [2.05, 4.69) is 29.6 Å². The number of para-hydroxylation sites is 1. The molecule has 3 heteroatoms. The van der Waals surface area contributed by atoms with E-state index in [4.69, 9.17) is 10.7 Å². The predicted octanol–water partition coefficient (Wildman–Crippen LogP) is 4.27. The van der Waals surface area contributed by atoms with Crippen molar-refractivity contribution in [1.82, 2.24) is 4.98 Å². The Hall–Kier alpha value is -2.13. The number of rotatable bonds is 2. The molecule has 0 spiro atoms. The van der Waals surface area contributed by atoms with E-state index in [0.29, 0.717) is 5.92 Å². The van der Waals surface area contributed by atoms with Crippen molar-refractivity contribution in [3.05, 3.63) is 70.0 Å². The van der Waals surface area contributed by atoms with E-state index in [-0.39, 0.29) is 0 Å². The van der Waals surface area contributed by atoms with Crippen molar-refractivity contribution in [3.63, 3.8) is 0 Å². The molecule has 0 fully saturated rings. The summed E-state index contributed by atoms with van der Waals surface area (Å²) < 4.78 is 0. The summed E-state index contributed by atoms with van der Waals surface area (Å²) in [6.45, 7) is 0. The first-order valence-electron chi connectivity index (χ1n) is 7.18. The third kappa shape index (κ3) is 2.24. The van der Waals surface area contributed by atoms with Gasteiger partial charge in [-0.2, -0.15) is 0 Å². The maximum atomic E-state index is 6.05. The monoisotopic (exact) mass is 292 g/mol. The van der Waals surface area contributed by atoms with Gasteiger partial charge in [0.2, 0.25) is 0 Å². The van der Waals surface area contributed by atoms with Crippen LogP contribution in [0.4, 0.5) is 5.69 Å². The van der Waals surface area contributed by atoms with Gasteiger partial charge in [-0.25, -0.2) is 4.98 Å². The number of nitrogen functional groups attached to an aromatic ring is 1. The Morgan fingerprint density at radius 2 is 1.62 bits per heavy atom. The van der Waals surface area contributed by atoms with Crippen molar-refractivity contribution in [3.8, 4) is 11.3 Å². The lowest BCUT2D eigenvalue weighted by atomic mass is 10.1. The second-order valence-electron chi connectivity index (χ2n) is 5.53. The summed E-state index contributed by atoms with van der Waals surface area (Å²) in [4.78, 5) is 4.84. The van der Waals surface area contributed by atoms with Crippen molar-refractivity contribution in [1.29, 1.82) is 0 Å². The van der Waals surface area contributed by atoms with Gasteiger partial charge in [0.05, 0.1) is 10.7 Å². The zero-order valence-corrected chi connectivity index (χ0v) is 12.4. The standard InChI is InChI=1S/C18H16N2S/c19-16-8-4-3-7-15(16)17-11-21-18(20-17)14-9-12-5-1-2-6-13(12)10-14/h1-8,11,14H,9-10,19H2. The molecular formula is C18H16N2S. The minimum Gasteiger partial charge on any atom is -0.398 e. The first-order chi connectivity index (χ1) is 10.3. The summed E-state index contributed by atoms with van der Waals surface area (Å²) in [5.74, 6) is 0.520. The first kappa shape index (κ1) is 12.6. The maximum absolute atomic E-state index is 6.05. The molecule has 1 aromatic heterocycles. The number of nitrogens with zero attached hydrogens (tertiary/aromatic N) is 1. The van der Waals surface area contributed by atoms with E-state index in [1.807, 2.05) is 24.3 Å². The number of anilines is 1. The van der Waals surface area contributed by atoms with Gasteiger partial charge < -0.3 is 5.73 Å². The summed E-state index contributed by atoms with van der Waals surface area (Å²) >= 11 is 1.75. The molecule has 2 N–H and O–H groups in total. The Labute approximate surface area is 128 Å². The Bertz CT molecular complexity index is 766. The molecule has 4 rings (SSSR count). The van der Waals surface area contributed by atoms with Gasteiger partial charge in [0.25, 0.3) is 0 Å². The fraction of sp³-hybridized carbons (Fsp3) is 0.167. The summed E-state index contributed by atoms with van der Waals surface area (Å²) in [5.41, 5.74) is 11.8. The molecule has 0 unspecified atom stereocenters. The van der Waals surface area contributed by atoms with Gasteiger partial charge in [-0.05, 0) is 30.0 Å². The molecule has 2 nitrogen and oxygen atoms in total. The summed E-state index contributed by atoms with van der Waals surface area (Å²) in [6, 6.07) is 16.7. The second-order valence-corrected chi connectivity index (χ2v) is 6.42. The van der Waals surface area contributed by atoms with Gasteiger partial charge in [-0.3, -0.25) is 0 Å². The van der Waals surface area contributed by atoms with Crippen LogP contribution in [0.1, 0.15) is 22.1 Å². The molecule has 0 aliphatic heterocycles. The Balaban J connectivity index is 1.63. The maximum Gasteiger partial charge on any atom is 0.0970 e. The van der Waals surface area contributed by atoms with Crippen molar-refractivity contribution >= 4 is 17.0 Å². The highest BCUT2D eigenvalue weighted by atomic mass is 32.1. The topological polar surface area (TPSA) is 38.9 Å². The van der Waals surface area contributed by atoms with Crippen LogP contribution in [-0.4, -0.2) is 4.98 Å². The van der Waals surface area contributed by atoms with Gasteiger partial charge in [-0.15, -0.1) is 11.3 Å². The number of benzene rings is 2. The molecule has 0 bridgehead atoms. The van der Waals surface area contributed by atoms with Crippen LogP contribution in [0.3, 0.4) is 0 Å². The van der Waals surface area contributed by atoms with Crippen LogP contribution in [0.5, 0.6) is 0 Å². The van der Waals surface area contributed by atoms with Crippen LogP contribution >= 0.6 is 11.3 Å². The fourth-order valence-electron chi connectivity index (χ4n) is 3.06. The van der Waals surface area contributed by atoms with E-state index < -0.39 is 0 Å².